The van der Waals surface area contributed by atoms with E-state index in [0.717, 1.165) is 6.42 Å². The molecular formula is C10H13ClO3S. The highest BCUT2D eigenvalue weighted by molar-refractivity contribution is 8.13. The van der Waals surface area contributed by atoms with Crippen LogP contribution in [0, 0.1) is 0 Å². The summed E-state index contributed by atoms with van der Waals surface area (Å²) in [4.78, 5) is 0.0840. The van der Waals surface area contributed by atoms with E-state index in [0.29, 0.717) is 5.75 Å². The molecule has 5 heteroatoms. The van der Waals surface area contributed by atoms with Crippen LogP contribution < -0.4 is 4.74 Å². The quantitative estimate of drug-likeness (QED) is 0.770. The zero-order chi connectivity index (χ0) is 11.5. The van der Waals surface area contributed by atoms with Crippen LogP contribution in [0.5, 0.6) is 5.75 Å². The number of benzene rings is 1. The molecule has 1 aromatic carbocycles. The zero-order valence-electron chi connectivity index (χ0n) is 8.60. The van der Waals surface area contributed by atoms with Crippen LogP contribution in [0.15, 0.2) is 29.2 Å². The van der Waals surface area contributed by atoms with Gasteiger partial charge in [0, 0.05) is 10.7 Å². The van der Waals surface area contributed by atoms with Crippen LogP contribution in [0.3, 0.4) is 0 Å². The fourth-order valence-corrected chi connectivity index (χ4v) is 1.77. The highest BCUT2D eigenvalue weighted by Gasteiger charge is 2.09. The first-order valence-electron chi connectivity index (χ1n) is 4.65. The summed E-state index contributed by atoms with van der Waals surface area (Å²) >= 11 is 0. The lowest BCUT2D eigenvalue weighted by Crippen LogP contribution is -2.09. The molecule has 0 fully saturated rings. The summed E-state index contributed by atoms with van der Waals surface area (Å²) in [5.41, 5.74) is 0. The van der Waals surface area contributed by atoms with Gasteiger partial charge in [0.15, 0.2) is 0 Å². The van der Waals surface area contributed by atoms with Crippen LogP contribution in [-0.4, -0.2) is 14.5 Å². The lowest BCUT2D eigenvalue weighted by molar-refractivity contribution is 0.217. The van der Waals surface area contributed by atoms with E-state index in [9.17, 15) is 8.42 Å². The van der Waals surface area contributed by atoms with Gasteiger partial charge in [0.05, 0.1) is 11.0 Å². The molecule has 0 saturated heterocycles. The first kappa shape index (κ1) is 12.3. The standard InChI is InChI=1S/C10H13ClO3S/c1-3-8(2)14-9-4-6-10(7-5-9)15(11,12)13/h4-8H,3H2,1-2H3/t8-/m0/s1. The smallest absolute Gasteiger partial charge is 0.261 e. The maximum Gasteiger partial charge on any atom is 0.261 e. The molecule has 15 heavy (non-hydrogen) atoms. The van der Waals surface area contributed by atoms with E-state index < -0.39 is 9.05 Å². The number of rotatable bonds is 4. The molecule has 0 N–H and O–H groups in total. The minimum absolute atomic E-state index is 0.0840. The molecule has 1 aromatic rings. The van der Waals surface area contributed by atoms with E-state index in [1.54, 1.807) is 12.1 Å². The van der Waals surface area contributed by atoms with Gasteiger partial charge in [-0.05, 0) is 37.6 Å². The van der Waals surface area contributed by atoms with E-state index in [-0.39, 0.29) is 11.0 Å². The van der Waals surface area contributed by atoms with E-state index in [1.165, 1.54) is 12.1 Å². The Kier molecular flexibility index (Phi) is 3.99. The highest BCUT2D eigenvalue weighted by atomic mass is 35.7. The van der Waals surface area contributed by atoms with Gasteiger partial charge in [-0.3, -0.25) is 0 Å². The van der Waals surface area contributed by atoms with Gasteiger partial charge >= 0.3 is 0 Å². The molecule has 1 rings (SSSR count). The van der Waals surface area contributed by atoms with E-state index in [2.05, 4.69) is 0 Å². The fraction of sp³-hybridized carbons (Fsp3) is 0.400. The Morgan fingerprint density at radius 2 is 1.87 bits per heavy atom. The summed E-state index contributed by atoms with van der Waals surface area (Å²) in [6.07, 6.45) is 1.01. The average molecular weight is 249 g/mol. The van der Waals surface area contributed by atoms with Crippen LogP contribution in [0.4, 0.5) is 0 Å². The molecule has 0 bridgehead atoms. The molecule has 1 atom stereocenters. The molecule has 0 radical (unpaired) electrons. The van der Waals surface area contributed by atoms with Gasteiger partial charge in [-0.2, -0.15) is 0 Å². The van der Waals surface area contributed by atoms with Crippen molar-refractivity contribution < 1.29 is 13.2 Å². The largest absolute Gasteiger partial charge is 0.491 e. The molecule has 0 unspecified atom stereocenters. The second-order valence-electron chi connectivity index (χ2n) is 3.25. The first-order chi connectivity index (χ1) is 6.93. The molecular weight excluding hydrogens is 236 g/mol. The van der Waals surface area contributed by atoms with Crippen LogP contribution in [0.2, 0.25) is 0 Å². The molecule has 3 nitrogen and oxygen atoms in total. The van der Waals surface area contributed by atoms with Crippen LogP contribution in [-0.2, 0) is 9.05 Å². The predicted molar refractivity (Wildman–Crippen MR) is 59.9 cm³/mol. The van der Waals surface area contributed by atoms with Crippen LogP contribution >= 0.6 is 10.7 Å². The maximum atomic E-state index is 10.9. The Bertz CT molecular complexity index is 411. The average Bonchev–Trinajstić information content (AvgIpc) is 2.17. The topological polar surface area (TPSA) is 43.4 Å². The maximum absolute atomic E-state index is 10.9. The summed E-state index contributed by atoms with van der Waals surface area (Å²) < 4.78 is 27.4. The predicted octanol–water partition coefficient (Wildman–Crippen LogP) is 2.79. The van der Waals surface area contributed by atoms with Crippen LogP contribution in [0.1, 0.15) is 20.3 Å². The summed E-state index contributed by atoms with van der Waals surface area (Å²) in [6, 6.07) is 6.06. The Morgan fingerprint density at radius 3 is 2.27 bits per heavy atom. The van der Waals surface area contributed by atoms with Crippen molar-refractivity contribution in [2.24, 2.45) is 0 Å². The van der Waals surface area contributed by atoms with E-state index in [4.69, 9.17) is 15.4 Å². The Hall–Kier alpha value is -0.740. The molecule has 0 saturated carbocycles. The lowest BCUT2D eigenvalue weighted by atomic mass is 10.3. The van der Waals surface area contributed by atoms with Crippen LogP contribution in [0.25, 0.3) is 0 Å². The van der Waals surface area contributed by atoms with Crippen molar-refractivity contribution in [2.75, 3.05) is 0 Å². The van der Waals surface area contributed by atoms with Crippen molar-refractivity contribution in [3.05, 3.63) is 24.3 Å². The third-order valence-electron chi connectivity index (χ3n) is 2.02. The minimum atomic E-state index is -3.64. The van der Waals surface area contributed by atoms with E-state index >= 15 is 0 Å². The van der Waals surface area contributed by atoms with Crippen molar-refractivity contribution in [3.8, 4) is 5.75 Å². The highest BCUT2D eigenvalue weighted by Crippen LogP contribution is 2.20. The number of hydrogen-bond acceptors (Lipinski definition) is 3. The van der Waals surface area contributed by atoms with Crippen molar-refractivity contribution in [1.29, 1.82) is 0 Å². The monoisotopic (exact) mass is 248 g/mol. The van der Waals surface area contributed by atoms with Gasteiger partial charge in [-0.25, -0.2) is 8.42 Å². The third kappa shape index (κ3) is 3.72. The second kappa shape index (κ2) is 4.86. The van der Waals surface area contributed by atoms with Gasteiger partial charge in [0.25, 0.3) is 9.05 Å². The van der Waals surface area contributed by atoms with Gasteiger partial charge in [0.2, 0.25) is 0 Å². The molecule has 84 valence electrons. The van der Waals surface area contributed by atoms with Gasteiger partial charge in [0.1, 0.15) is 5.75 Å². The minimum Gasteiger partial charge on any atom is -0.491 e. The van der Waals surface area contributed by atoms with Gasteiger partial charge in [-0.15, -0.1) is 0 Å². The van der Waals surface area contributed by atoms with Crippen molar-refractivity contribution in [3.63, 3.8) is 0 Å². The molecule has 0 aromatic heterocycles. The fourth-order valence-electron chi connectivity index (χ4n) is 0.996. The molecule has 0 aliphatic carbocycles. The lowest BCUT2D eigenvalue weighted by Gasteiger charge is -2.12. The molecule has 0 heterocycles. The number of ether oxygens (including phenoxy) is 1. The number of halogens is 1. The van der Waals surface area contributed by atoms with Gasteiger partial charge < -0.3 is 4.74 Å². The second-order valence-corrected chi connectivity index (χ2v) is 5.81. The Morgan fingerprint density at radius 1 is 1.33 bits per heavy atom. The van der Waals surface area contributed by atoms with Gasteiger partial charge in [-0.1, -0.05) is 6.92 Å². The third-order valence-corrected chi connectivity index (χ3v) is 3.39. The Balaban J connectivity index is 2.82. The van der Waals surface area contributed by atoms with Crippen molar-refractivity contribution in [2.45, 2.75) is 31.3 Å². The normalized spacial score (nSPS) is 13.5. The number of hydrogen-bond donors (Lipinski definition) is 0. The Labute approximate surface area is 94.4 Å². The molecule has 0 aliphatic heterocycles. The van der Waals surface area contributed by atoms with Crippen molar-refractivity contribution in [1.82, 2.24) is 0 Å². The van der Waals surface area contributed by atoms with Crippen molar-refractivity contribution >= 4 is 19.7 Å². The summed E-state index contributed by atoms with van der Waals surface area (Å²) in [5, 5.41) is 0. The molecule has 0 aliphatic rings. The summed E-state index contributed by atoms with van der Waals surface area (Å²) in [6.45, 7) is 3.97. The molecule has 0 spiro atoms. The first-order valence-corrected chi connectivity index (χ1v) is 6.96. The SMILES string of the molecule is CC[C@H](C)Oc1ccc(S(=O)(=O)Cl)cc1. The van der Waals surface area contributed by atoms with E-state index in [1.807, 2.05) is 13.8 Å². The summed E-state index contributed by atoms with van der Waals surface area (Å²) in [7, 11) is 1.54. The summed E-state index contributed by atoms with van der Waals surface area (Å²) in [5.74, 6) is 0.647. The molecule has 0 amide bonds. The zero-order valence-corrected chi connectivity index (χ0v) is 10.2.